The van der Waals surface area contributed by atoms with Crippen LogP contribution in [0.15, 0.2) is 0 Å². The number of rotatable bonds is 5. The summed E-state index contributed by atoms with van der Waals surface area (Å²) in [5.74, 6) is -0.128. The molecule has 5 heteroatoms. The molecule has 1 atom stereocenters. The van der Waals surface area contributed by atoms with Crippen LogP contribution in [0.5, 0.6) is 0 Å². The molecule has 0 aliphatic carbocycles. The van der Waals surface area contributed by atoms with E-state index in [1.165, 1.54) is 0 Å². The van der Waals surface area contributed by atoms with E-state index in [9.17, 15) is 9.59 Å². The van der Waals surface area contributed by atoms with Crippen LogP contribution in [0.2, 0.25) is 0 Å². The van der Waals surface area contributed by atoms with Crippen molar-refractivity contribution in [2.45, 2.75) is 58.9 Å². The molecule has 0 aromatic rings. The lowest BCUT2D eigenvalue weighted by atomic mass is 9.76. The van der Waals surface area contributed by atoms with Gasteiger partial charge in [-0.05, 0) is 46.6 Å². The van der Waals surface area contributed by atoms with Gasteiger partial charge in [-0.3, -0.25) is 9.59 Å². The van der Waals surface area contributed by atoms with Crippen molar-refractivity contribution in [1.29, 1.82) is 0 Å². The minimum Gasteiger partial charge on any atom is -0.350 e. The standard InChI is InChI=1S/C15H29N3O2/c1-5-7-15(8-6-9-16-11-15)13(20)17-10-12(19)18-14(2,3)4/h16H,5-11H2,1-4H3,(H,17,20)(H,18,19). The summed E-state index contributed by atoms with van der Waals surface area (Å²) in [5, 5.41) is 8.97. The molecule has 1 aliphatic rings. The predicted molar refractivity (Wildman–Crippen MR) is 80.4 cm³/mol. The van der Waals surface area contributed by atoms with Crippen LogP contribution in [0.1, 0.15) is 53.4 Å². The summed E-state index contributed by atoms with van der Waals surface area (Å²) in [6.07, 6.45) is 3.76. The van der Waals surface area contributed by atoms with E-state index in [1.807, 2.05) is 20.8 Å². The van der Waals surface area contributed by atoms with Crippen molar-refractivity contribution in [2.24, 2.45) is 5.41 Å². The number of hydrogen-bond donors (Lipinski definition) is 3. The SMILES string of the molecule is CCCC1(C(=O)NCC(=O)NC(C)(C)C)CCCNC1. The van der Waals surface area contributed by atoms with Gasteiger partial charge in [0.2, 0.25) is 11.8 Å². The number of carbonyl (C=O) groups excluding carboxylic acids is 2. The molecule has 3 N–H and O–H groups in total. The summed E-state index contributed by atoms with van der Waals surface area (Å²) in [6.45, 7) is 9.62. The zero-order chi connectivity index (χ0) is 15.2. The third kappa shape index (κ3) is 5.12. The lowest BCUT2D eigenvalue weighted by Gasteiger charge is -2.36. The monoisotopic (exact) mass is 283 g/mol. The van der Waals surface area contributed by atoms with Gasteiger partial charge in [0.1, 0.15) is 0 Å². The van der Waals surface area contributed by atoms with E-state index < -0.39 is 0 Å². The highest BCUT2D eigenvalue weighted by atomic mass is 16.2. The zero-order valence-corrected chi connectivity index (χ0v) is 13.3. The summed E-state index contributed by atoms with van der Waals surface area (Å²) in [5.41, 5.74) is -0.607. The topological polar surface area (TPSA) is 70.2 Å². The van der Waals surface area contributed by atoms with Gasteiger partial charge in [-0.25, -0.2) is 0 Å². The first-order chi connectivity index (χ1) is 9.29. The van der Waals surface area contributed by atoms with Gasteiger partial charge in [0.15, 0.2) is 0 Å². The molecule has 0 saturated carbocycles. The van der Waals surface area contributed by atoms with Gasteiger partial charge in [-0.2, -0.15) is 0 Å². The van der Waals surface area contributed by atoms with Crippen molar-refractivity contribution in [1.82, 2.24) is 16.0 Å². The molecule has 0 bridgehead atoms. The number of nitrogens with one attached hydrogen (secondary N) is 3. The highest BCUT2D eigenvalue weighted by Gasteiger charge is 2.38. The van der Waals surface area contributed by atoms with E-state index >= 15 is 0 Å². The summed E-state index contributed by atoms with van der Waals surface area (Å²) < 4.78 is 0. The van der Waals surface area contributed by atoms with Crippen LogP contribution >= 0.6 is 0 Å². The molecule has 0 aromatic heterocycles. The Labute approximate surface area is 122 Å². The first kappa shape index (κ1) is 17.0. The smallest absolute Gasteiger partial charge is 0.239 e. The fraction of sp³-hybridized carbons (Fsp3) is 0.867. The molecule has 1 heterocycles. The largest absolute Gasteiger partial charge is 0.350 e. The fourth-order valence-electron chi connectivity index (χ4n) is 2.78. The Balaban J connectivity index is 2.52. The molecule has 0 radical (unpaired) electrons. The van der Waals surface area contributed by atoms with E-state index in [1.54, 1.807) is 0 Å². The normalized spacial score (nSPS) is 23.2. The minimum absolute atomic E-state index is 0.00982. The molecule has 116 valence electrons. The van der Waals surface area contributed by atoms with Gasteiger partial charge >= 0.3 is 0 Å². The van der Waals surface area contributed by atoms with E-state index in [4.69, 9.17) is 0 Å². The molecule has 1 saturated heterocycles. The van der Waals surface area contributed by atoms with E-state index in [0.717, 1.165) is 32.2 Å². The summed E-state index contributed by atoms with van der Waals surface area (Å²) >= 11 is 0. The molecule has 1 fully saturated rings. The number of piperidine rings is 1. The van der Waals surface area contributed by atoms with Crippen LogP contribution in [0.25, 0.3) is 0 Å². The maximum absolute atomic E-state index is 12.4. The van der Waals surface area contributed by atoms with Crippen molar-refractivity contribution in [2.75, 3.05) is 19.6 Å². The van der Waals surface area contributed by atoms with E-state index in [-0.39, 0.29) is 29.3 Å². The quantitative estimate of drug-likeness (QED) is 0.710. The third-order valence-electron chi connectivity index (χ3n) is 3.61. The molecule has 20 heavy (non-hydrogen) atoms. The summed E-state index contributed by atoms with van der Waals surface area (Å²) in [4.78, 5) is 24.2. The Hall–Kier alpha value is -1.10. The Morgan fingerprint density at radius 1 is 1.30 bits per heavy atom. The third-order valence-corrected chi connectivity index (χ3v) is 3.61. The number of carbonyl (C=O) groups is 2. The van der Waals surface area contributed by atoms with Gasteiger partial charge < -0.3 is 16.0 Å². The highest BCUT2D eigenvalue weighted by molar-refractivity contribution is 5.88. The first-order valence-corrected chi connectivity index (χ1v) is 7.59. The van der Waals surface area contributed by atoms with Gasteiger partial charge in [-0.15, -0.1) is 0 Å². The Morgan fingerprint density at radius 2 is 2.00 bits per heavy atom. The minimum atomic E-state index is -0.338. The Kier molecular flexibility index (Phi) is 5.99. The maximum Gasteiger partial charge on any atom is 0.239 e. The fourth-order valence-corrected chi connectivity index (χ4v) is 2.78. The molecule has 0 spiro atoms. The molecular weight excluding hydrogens is 254 g/mol. The van der Waals surface area contributed by atoms with Crippen LogP contribution in [-0.4, -0.2) is 37.0 Å². The lowest BCUT2D eigenvalue weighted by Crippen LogP contribution is -2.53. The first-order valence-electron chi connectivity index (χ1n) is 7.59. The van der Waals surface area contributed by atoms with Gasteiger partial charge in [-0.1, -0.05) is 13.3 Å². The molecule has 0 aromatic carbocycles. The van der Waals surface area contributed by atoms with Gasteiger partial charge in [0.05, 0.1) is 12.0 Å². The molecule has 1 rings (SSSR count). The van der Waals surface area contributed by atoms with Crippen molar-refractivity contribution in [3.8, 4) is 0 Å². The molecule has 1 unspecified atom stereocenters. The lowest BCUT2D eigenvalue weighted by molar-refractivity contribution is -0.135. The van der Waals surface area contributed by atoms with Crippen molar-refractivity contribution in [3.63, 3.8) is 0 Å². The van der Waals surface area contributed by atoms with Gasteiger partial charge in [0.25, 0.3) is 0 Å². The summed E-state index contributed by atoms with van der Waals surface area (Å²) in [6, 6.07) is 0. The predicted octanol–water partition coefficient (Wildman–Crippen LogP) is 1.19. The number of amides is 2. The molecular formula is C15H29N3O2. The van der Waals surface area contributed by atoms with Crippen molar-refractivity contribution >= 4 is 11.8 Å². The molecule has 5 nitrogen and oxygen atoms in total. The highest BCUT2D eigenvalue weighted by Crippen LogP contribution is 2.31. The second kappa shape index (κ2) is 7.07. The zero-order valence-electron chi connectivity index (χ0n) is 13.3. The maximum atomic E-state index is 12.4. The van der Waals surface area contributed by atoms with Crippen LogP contribution < -0.4 is 16.0 Å². The molecule has 1 aliphatic heterocycles. The van der Waals surface area contributed by atoms with Crippen LogP contribution in [-0.2, 0) is 9.59 Å². The molecule has 2 amide bonds. The Morgan fingerprint density at radius 3 is 2.50 bits per heavy atom. The Bertz CT molecular complexity index is 336. The van der Waals surface area contributed by atoms with Crippen LogP contribution in [0.3, 0.4) is 0 Å². The average Bonchev–Trinajstić information content (AvgIpc) is 2.35. The van der Waals surface area contributed by atoms with Gasteiger partial charge in [0, 0.05) is 12.1 Å². The van der Waals surface area contributed by atoms with Crippen LogP contribution in [0.4, 0.5) is 0 Å². The van der Waals surface area contributed by atoms with Crippen molar-refractivity contribution in [3.05, 3.63) is 0 Å². The van der Waals surface area contributed by atoms with Crippen molar-refractivity contribution < 1.29 is 9.59 Å². The average molecular weight is 283 g/mol. The second-order valence-electron chi connectivity index (χ2n) is 6.79. The summed E-state index contributed by atoms with van der Waals surface area (Å²) in [7, 11) is 0. The van der Waals surface area contributed by atoms with E-state index in [2.05, 4.69) is 22.9 Å². The second-order valence-corrected chi connectivity index (χ2v) is 6.79. The number of hydrogen-bond acceptors (Lipinski definition) is 3. The van der Waals surface area contributed by atoms with E-state index in [0.29, 0.717) is 6.54 Å². The van der Waals surface area contributed by atoms with Crippen LogP contribution in [0, 0.1) is 5.41 Å².